The van der Waals surface area contributed by atoms with E-state index in [1.165, 1.54) is 0 Å². The van der Waals surface area contributed by atoms with Crippen LogP contribution in [0.25, 0.3) is 0 Å². The van der Waals surface area contributed by atoms with Crippen LogP contribution in [-0.4, -0.2) is 25.3 Å². The van der Waals surface area contributed by atoms with E-state index in [0.29, 0.717) is 26.1 Å². The van der Waals surface area contributed by atoms with Gasteiger partial charge in [-0.05, 0) is 24.1 Å². The Morgan fingerprint density at radius 2 is 2.06 bits per heavy atom. The molecule has 0 amide bonds. The van der Waals surface area contributed by atoms with Crippen LogP contribution in [0.4, 0.5) is 5.69 Å². The van der Waals surface area contributed by atoms with Crippen molar-refractivity contribution >= 4 is 11.7 Å². The van der Waals surface area contributed by atoms with Gasteiger partial charge in [0.25, 0.3) is 0 Å². The summed E-state index contributed by atoms with van der Waals surface area (Å²) in [6.07, 6.45) is 1.06. The number of aryl methyl sites for hydroxylation is 1. The highest BCUT2D eigenvalue weighted by atomic mass is 16.6. The second-order valence-corrected chi connectivity index (χ2v) is 3.89. The van der Waals surface area contributed by atoms with Crippen LogP contribution < -0.4 is 5.73 Å². The molecule has 0 bridgehead atoms. The fraction of sp³-hybridized carbons (Fsp3) is 0.417. The standard InChI is InChI=1S/C12H15NO3/c13-10-4-1-9(2-5-10)3-6-12(14)16-11-7-15-8-11/h1-2,4-5,11H,3,6-8,13H2. The molecule has 0 unspecified atom stereocenters. The highest BCUT2D eigenvalue weighted by molar-refractivity contribution is 5.70. The molecule has 2 N–H and O–H groups in total. The molecule has 16 heavy (non-hydrogen) atoms. The van der Waals surface area contributed by atoms with Crippen molar-refractivity contribution in [1.29, 1.82) is 0 Å². The quantitative estimate of drug-likeness (QED) is 0.612. The average molecular weight is 221 g/mol. The fourth-order valence-corrected chi connectivity index (χ4v) is 1.46. The number of ether oxygens (including phenoxy) is 2. The molecular formula is C12H15NO3. The molecule has 4 nitrogen and oxygen atoms in total. The second-order valence-electron chi connectivity index (χ2n) is 3.89. The van der Waals surface area contributed by atoms with Gasteiger partial charge in [0.05, 0.1) is 13.2 Å². The number of rotatable bonds is 4. The molecular weight excluding hydrogens is 206 g/mol. The normalized spacial score (nSPS) is 15.5. The van der Waals surface area contributed by atoms with E-state index >= 15 is 0 Å². The first kappa shape index (κ1) is 11.0. The van der Waals surface area contributed by atoms with Crippen LogP contribution >= 0.6 is 0 Å². The van der Waals surface area contributed by atoms with Crippen LogP contribution in [0.1, 0.15) is 12.0 Å². The van der Waals surface area contributed by atoms with Crippen LogP contribution in [0.15, 0.2) is 24.3 Å². The SMILES string of the molecule is Nc1ccc(CCC(=O)OC2COC2)cc1. The van der Waals surface area contributed by atoms with Gasteiger partial charge in [-0.1, -0.05) is 12.1 Å². The van der Waals surface area contributed by atoms with Gasteiger partial charge >= 0.3 is 5.97 Å². The number of esters is 1. The lowest BCUT2D eigenvalue weighted by Gasteiger charge is -2.25. The lowest BCUT2D eigenvalue weighted by Crippen LogP contribution is -2.37. The molecule has 0 aromatic heterocycles. The van der Waals surface area contributed by atoms with Crippen LogP contribution in [0.3, 0.4) is 0 Å². The number of carbonyl (C=O) groups excluding carboxylic acids is 1. The largest absolute Gasteiger partial charge is 0.457 e. The Kier molecular flexibility index (Phi) is 3.41. The van der Waals surface area contributed by atoms with Gasteiger partial charge in [0, 0.05) is 12.1 Å². The lowest BCUT2D eigenvalue weighted by molar-refractivity contribution is -0.172. The van der Waals surface area contributed by atoms with Crippen molar-refractivity contribution in [2.75, 3.05) is 18.9 Å². The zero-order valence-corrected chi connectivity index (χ0v) is 9.02. The molecule has 1 heterocycles. The number of carbonyl (C=O) groups is 1. The molecule has 86 valence electrons. The molecule has 2 rings (SSSR count). The van der Waals surface area contributed by atoms with Gasteiger partial charge in [-0.3, -0.25) is 4.79 Å². The molecule has 0 aliphatic carbocycles. The fourth-order valence-electron chi connectivity index (χ4n) is 1.46. The number of hydrogen-bond donors (Lipinski definition) is 1. The van der Waals surface area contributed by atoms with Crippen molar-refractivity contribution in [2.24, 2.45) is 0 Å². The number of nitrogen functional groups attached to an aromatic ring is 1. The molecule has 1 aliphatic heterocycles. The summed E-state index contributed by atoms with van der Waals surface area (Å²) in [5.74, 6) is -0.162. The Bertz CT molecular complexity index is 357. The zero-order valence-electron chi connectivity index (χ0n) is 9.02. The lowest BCUT2D eigenvalue weighted by atomic mass is 10.1. The summed E-state index contributed by atoms with van der Waals surface area (Å²) in [5, 5.41) is 0. The first-order chi connectivity index (χ1) is 7.74. The Morgan fingerprint density at radius 1 is 1.38 bits per heavy atom. The van der Waals surface area contributed by atoms with E-state index < -0.39 is 0 Å². The average Bonchev–Trinajstić information content (AvgIpc) is 2.23. The smallest absolute Gasteiger partial charge is 0.306 e. The van der Waals surface area contributed by atoms with E-state index in [2.05, 4.69) is 0 Å². The molecule has 1 aliphatic rings. The molecule has 0 atom stereocenters. The third kappa shape index (κ3) is 2.97. The zero-order chi connectivity index (χ0) is 11.4. The van der Waals surface area contributed by atoms with E-state index in [0.717, 1.165) is 11.3 Å². The van der Waals surface area contributed by atoms with Gasteiger partial charge in [0.2, 0.25) is 0 Å². The topological polar surface area (TPSA) is 61.6 Å². The summed E-state index contributed by atoms with van der Waals surface area (Å²) in [4.78, 5) is 11.4. The summed E-state index contributed by atoms with van der Waals surface area (Å²) in [6, 6.07) is 7.52. The minimum absolute atomic E-state index is 0.0288. The van der Waals surface area contributed by atoms with Crippen LogP contribution in [0.2, 0.25) is 0 Å². The van der Waals surface area contributed by atoms with Crippen LogP contribution in [0.5, 0.6) is 0 Å². The monoisotopic (exact) mass is 221 g/mol. The molecule has 0 radical (unpaired) electrons. The van der Waals surface area contributed by atoms with E-state index in [4.69, 9.17) is 15.2 Å². The van der Waals surface area contributed by atoms with E-state index in [-0.39, 0.29) is 12.1 Å². The predicted molar refractivity (Wildman–Crippen MR) is 59.9 cm³/mol. The van der Waals surface area contributed by atoms with Crippen molar-refractivity contribution in [2.45, 2.75) is 18.9 Å². The molecule has 4 heteroatoms. The first-order valence-corrected chi connectivity index (χ1v) is 5.35. The molecule has 1 aromatic carbocycles. The molecule has 1 fully saturated rings. The van der Waals surface area contributed by atoms with Gasteiger partial charge in [0.15, 0.2) is 0 Å². The van der Waals surface area contributed by atoms with Crippen LogP contribution in [-0.2, 0) is 20.7 Å². The highest BCUT2D eigenvalue weighted by Gasteiger charge is 2.22. The summed E-state index contributed by atoms with van der Waals surface area (Å²) >= 11 is 0. The van der Waals surface area contributed by atoms with Crippen molar-refractivity contribution in [3.05, 3.63) is 29.8 Å². The Hall–Kier alpha value is -1.55. The number of hydrogen-bond acceptors (Lipinski definition) is 4. The maximum Gasteiger partial charge on any atom is 0.306 e. The minimum atomic E-state index is -0.162. The third-order valence-corrected chi connectivity index (χ3v) is 2.50. The molecule has 0 saturated carbocycles. The predicted octanol–water partition coefficient (Wildman–Crippen LogP) is 1.14. The number of nitrogens with two attached hydrogens (primary N) is 1. The van der Waals surface area contributed by atoms with Gasteiger partial charge in [0.1, 0.15) is 6.10 Å². The van der Waals surface area contributed by atoms with Crippen molar-refractivity contribution < 1.29 is 14.3 Å². The summed E-state index contributed by atoms with van der Waals surface area (Å²) < 4.78 is 10.1. The van der Waals surface area contributed by atoms with Gasteiger partial charge in [-0.25, -0.2) is 0 Å². The summed E-state index contributed by atoms with van der Waals surface area (Å²) in [7, 11) is 0. The Morgan fingerprint density at radius 3 is 2.62 bits per heavy atom. The van der Waals surface area contributed by atoms with Crippen molar-refractivity contribution in [1.82, 2.24) is 0 Å². The Balaban J connectivity index is 1.73. The summed E-state index contributed by atoms with van der Waals surface area (Å²) in [5.41, 5.74) is 7.40. The Labute approximate surface area is 94.3 Å². The molecule has 0 spiro atoms. The van der Waals surface area contributed by atoms with E-state index in [1.54, 1.807) is 0 Å². The second kappa shape index (κ2) is 4.99. The highest BCUT2D eigenvalue weighted by Crippen LogP contribution is 2.10. The van der Waals surface area contributed by atoms with Gasteiger partial charge < -0.3 is 15.2 Å². The maximum absolute atomic E-state index is 11.4. The summed E-state index contributed by atoms with van der Waals surface area (Å²) in [6.45, 7) is 1.07. The minimum Gasteiger partial charge on any atom is -0.457 e. The van der Waals surface area contributed by atoms with E-state index in [9.17, 15) is 4.79 Å². The van der Waals surface area contributed by atoms with Crippen molar-refractivity contribution in [3.8, 4) is 0 Å². The number of anilines is 1. The van der Waals surface area contributed by atoms with E-state index in [1.807, 2.05) is 24.3 Å². The third-order valence-electron chi connectivity index (χ3n) is 2.50. The van der Waals surface area contributed by atoms with Crippen LogP contribution in [0, 0.1) is 0 Å². The molecule has 1 aromatic rings. The van der Waals surface area contributed by atoms with Crippen molar-refractivity contribution in [3.63, 3.8) is 0 Å². The van der Waals surface area contributed by atoms with Gasteiger partial charge in [-0.15, -0.1) is 0 Å². The first-order valence-electron chi connectivity index (χ1n) is 5.35. The van der Waals surface area contributed by atoms with Gasteiger partial charge in [-0.2, -0.15) is 0 Å². The maximum atomic E-state index is 11.4. The molecule has 1 saturated heterocycles. The number of benzene rings is 1.